The van der Waals surface area contributed by atoms with Crippen LogP contribution in [0.1, 0.15) is 33.1 Å². The monoisotopic (exact) mass is 142 g/mol. The summed E-state index contributed by atoms with van der Waals surface area (Å²) in [6, 6.07) is 0.345. The van der Waals surface area contributed by atoms with Crippen LogP contribution < -0.4 is 11.1 Å². The molecule has 0 aromatic heterocycles. The Morgan fingerprint density at radius 2 is 2.20 bits per heavy atom. The molecule has 2 heteroatoms. The van der Waals surface area contributed by atoms with Crippen molar-refractivity contribution in [3.63, 3.8) is 0 Å². The minimum Gasteiger partial charge on any atom is -0.327 e. The zero-order chi connectivity index (χ0) is 7.61. The molecule has 0 saturated heterocycles. The van der Waals surface area contributed by atoms with Crippen LogP contribution in [0.25, 0.3) is 0 Å². The fourth-order valence-corrected chi connectivity index (χ4v) is 0.886. The van der Waals surface area contributed by atoms with Gasteiger partial charge in [-0.1, -0.05) is 6.92 Å². The summed E-state index contributed by atoms with van der Waals surface area (Å²) in [7, 11) is 0. The van der Waals surface area contributed by atoms with Gasteiger partial charge in [0, 0.05) is 18.1 Å². The average Bonchev–Trinajstić information content (AvgIpc) is 2.64. The molecule has 10 heavy (non-hydrogen) atoms. The van der Waals surface area contributed by atoms with Crippen LogP contribution in [0, 0.1) is 0 Å². The van der Waals surface area contributed by atoms with Gasteiger partial charge in [-0.15, -0.1) is 0 Å². The van der Waals surface area contributed by atoms with Gasteiger partial charge in [0.25, 0.3) is 0 Å². The lowest BCUT2D eigenvalue weighted by atomic mass is 10.2. The van der Waals surface area contributed by atoms with Crippen molar-refractivity contribution in [2.75, 3.05) is 6.54 Å². The minimum atomic E-state index is 0.345. The molecule has 3 N–H and O–H groups in total. The van der Waals surface area contributed by atoms with E-state index in [-0.39, 0.29) is 0 Å². The molecule has 0 aromatic rings. The van der Waals surface area contributed by atoms with Gasteiger partial charge >= 0.3 is 0 Å². The Bertz CT molecular complexity index is 108. The summed E-state index contributed by atoms with van der Waals surface area (Å²) in [6.07, 6.45) is 3.72. The third kappa shape index (κ3) is 2.27. The molecule has 2 nitrogen and oxygen atoms in total. The first-order chi connectivity index (χ1) is 4.66. The van der Waals surface area contributed by atoms with Crippen molar-refractivity contribution in [3.05, 3.63) is 0 Å². The van der Waals surface area contributed by atoms with Crippen LogP contribution in [0.15, 0.2) is 0 Å². The van der Waals surface area contributed by atoms with Gasteiger partial charge < -0.3 is 11.1 Å². The summed E-state index contributed by atoms with van der Waals surface area (Å²) in [4.78, 5) is 0. The quantitative estimate of drug-likeness (QED) is 0.611. The fraction of sp³-hybridized carbons (Fsp3) is 1.00. The Kier molecular flexibility index (Phi) is 2.32. The number of nitrogens with one attached hydrogen (secondary N) is 1. The molecule has 1 aliphatic carbocycles. The standard InChI is InChI=1S/C8H18N2/c1-3-7(9)6-10-8(2)4-5-8/h7,10H,3-6,9H2,1-2H3. The number of rotatable bonds is 4. The molecular weight excluding hydrogens is 124 g/mol. The number of nitrogens with two attached hydrogens (primary N) is 1. The first kappa shape index (κ1) is 8.02. The van der Waals surface area contributed by atoms with Gasteiger partial charge in [0.05, 0.1) is 0 Å². The van der Waals surface area contributed by atoms with Crippen LogP contribution in [-0.4, -0.2) is 18.1 Å². The highest BCUT2D eigenvalue weighted by atomic mass is 15.0. The molecule has 1 aliphatic rings. The van der Waals surface area contributed by atoms with E-state index in [9.17, 15) is 0 Å². The van der Waals surface area contributed by atoms with E-state index in [2.05, 4.69) is 19.2 Å². The zero-order valence-corrected chi connectivity index (χ0v) is 6.98. The third-order valence-electron chi connectivity index (χ3n) is 2.32. The molecule has 1 saturated carbocycles. The molecule has 0 radical (unpaired) electrons. The van der Waals surface area contributed by atoms with Crippen molar-refractivity contribution in [2.24, 2.45) is 5.73 Å². The van der Waals surface area contributed by atoms with Gasteiger partial charge in [-0.2, -0.15) is 0 Å². The molecule has 0 aliphatic heterocycles. The molecule has 1 rings (SSSR count). The van der Waals surface area contributed by atoms with E-state index < -0.39 is 0 Å². The van der Waals surface area contributed by atoms with Crippen LogP contribution in [0.4, 0.5) is 0 Å². The van der Waals surface area contributed by atoms with E-state index >= 15 is 0 Å². The fourth-order valence-electron chi connectivity index (χ4n) is 0.886. The molecule has 0 aromatic carbocycles. The third-order valence-corrected chi connectivity index (χ3v) is 2.32. The number of hydrogen-bond acceptors (Lipinski definition) is 2. The minimum absolute atomic E-state index is 0.345. The van der Waals surface area contributed by atoms with E-state index in [0.29, 0.717) is 11.6 Å². The van der Waals surface area contributed by atoms with Gasteiger partial charge in [-0.05, 0) is 26.2 Å². The first-order valence-electron chi connectivity index (χ1n) is 4.17. The summed E-state index contributed by atoms with van der Waals surface area (Å²) in [5.74, 6) is 0. The van der Waals surface area contributed by atoms with Crippen LogP contribution in [0.3, 0.4) is 0 Å². The molecule has 1 fully saturated rings. The SMILES string of the molecule is CCC(N)CNC1(C)CC1. The summed E-state index contributed by atoms with van der Waals surface area (Å²) < 4.78 is 0. The summed E-state index contributed by atoms with van der Waals surface area (Å²) in [5.41, 5.74) is 6.20. The smallest absolute Gasteiger partial charge is 0.0162 e. The second-order valence-corrected chi connectivity index (χ2v) is 3.61. The van der Waals surface area contributed by atoms with Gasteiger partial charge in [-0.25, -0.2) is 0 Å². The van der Waals surface area contributed by atoms with Gasteiger partial charge in [-0.3, -0.25) is 0 Å². The summed E-state index contributed by atoms with van der Waals surface area (Å²) in [5, 5.41) is 3.46. The maximum absolute atomic E-state index is 5.75. The van der Waals surface area contributed by atoms with Crippen LogP contribution in [-0.2, 0) is 0 Å². The van der Waals surface area contributed by atoms with Gasteiger partial charge in [0.2, 0.25) is 0 Å². The normalized spacial score (nSPS) is 24.3. The zero-order valence-electron chi connectivity index (χ0n) is 6.98. The Morgan fingerprint density at radius 3 is 2.60 bits per heavy atom. The predicted octanol–water partition coefficient (Wildman–Crippen LogP) is 0.866. The molecule has 1 unspecified atom stereocenters. The first-order valence-corrected chi connectivity index (χ1v) is 4.17. The highest BCUT2D eigenvalue weighted by Gasteiger charge is 2.36. The second-order valence-electron chi connectivity index (χ2n) is 3.61. The summed E-state index contributed by atoms with van der Waals surface area (Å²) >= 11 is 0. The number of hydrogen-bond donors (Lipinski definition) is 2. The van der Waals surface area contributed by atoms with E-state index in [0.717, 1.165) is 13.0 Å². The molecule has 60 valence electrons. The van der Waals surface area contributed by atoms with Crippen molar-refractivity contribution < 1.29 is 0 Å². The Labute approximate surface area is 63.2 Å². The molecule has 1 atom stereocenters. The molecule has 0 bridgehead atoms. The maximum Gasteiger partial charge on any atom is 0.0162 e. The van der Waals surface area contributed by atoms with Crippen LogP contribution in [0.2, 0.25) is 0 Å². The Balaban J connectivity index is 2.04. The van der Waals surface area contributed by atoms with E-state index in [1.807, 2.05) is 0 Å². The van der Waals surface area contributed by atoms with Crippen molar-refractivity contribution >= 4 is 0 Å². The second kappa shape index (κ2) is 2.89. The highest BCUT2D eigenvalue weighted by molar-refractivity contribution is 4.97. The van der Waals surface area contributed by atoms with Crippen molar-refractivity contribution in [3.8, 4) is 0 Å². The molecular formula is C8H18N2. The van der Waals surface area contributed by atoms with E-state index in [1.54, 1.807) is 0 Å². The Hall–Kier alpha value is -0.0800. The molecule has 0 spiro atoms. The van der Waals surface area contributed by atoms with Crippen molar-refractivity contribution in [1.29, 1.82) is 0 Å². The van der Waals surface area contributed by atoms with E-state index in [1.165, 1.54) is 12.8 Å². The molecule has 0 amide bonds. The van der Waals surface area contributed by atoms with Crippen LogP contribution >= 0.6 is 0 Å². The lowest BCUT2D eigenvalue weighted by Gasteiger charge is -2.14. The average molecular weight is 142 g/mol. The maximum atomic E-state index is 5.75. The highest BCUT2D eigenvalue weighted by Crippen LogP contribution is 2.33. The van der Waals surface area contributed by atoms with Gasteiger partial charge in [0.1, 0.15) is 0 Å². The molecule has 0 heterocycles. The topological polar surface area (TPSA) is 38.0 Å². The predicted molar refractivity (Wildman–Crippen MR) is 43.9 cm³/mol. The van der Waals surface area contributed by atoms with Crippen molar-refractivity contribution in [2.45, 2.75) is 44.7 Å². The lowest BCUT2D eigenvalue weighted by Crippen LogP contribution is -2.39. The Morgan fingerprint density at radius 1 is 1.60 bits per heavy atom. The summed E-state index contributed by atoms with van der Waals surface area (Å²) in [6.45, 7) is 5.37. The largest absolute Gasteiger partial charge is 0.327 e. The van der Waals surface area contributed by atoms with Crippen molar-refractivity contribution in [1.82, 2.24) is 5.32 Å². The lowest BCUT2D eigenvalue weighted by molar-refractivity contribution is 0.485. The van der Waals surface area contributed by atoms with Crippen LogP contribution in [0.5, 0.6) is 0 Å². The van der Waals surface area contributed by atoms with Gasteiger partial charge in [0.15, 0.2) is 0 Å². The van der Waals surface area contributed by atoms with E-state index in [4.69, 9.17) is 5.73 Å².